The molecule has 0 aliphatic heterocycles. The summed E-state index contributed by atoms with van der Waals surface area (Å²) in [4.78, 5) is -0.568. The molecule has 0 heterocycles. The molecule has 4 nitrogen and oxygen atoms in total. The molecule has 21 heavy (non-hydrogen) atoms. The van der Waals surface area contributed by atoms with Crippen LogP contribution in [0.2, 0.25) is 0 Å². The van der Waals surface area contributed by atoms with Crippen LogP contribution in [0.3, 0.4) is 0 Å². The number of hydrogen-bond donors (Lipinski definition) is 1. The first-order valence-corrected chi connectivity index (χ1v) is 8.43. The van der Waals surface area contributed by atoms with Crippen LogP contribution < -0.4 is 0 Å². The maximum Gasteiger partial charge on any atom is 0.246 e. The van der Waals surface area contributed by atoms with Gasteiger partial charge in [0.15, 0.2) is 5.82 Å². The first-order valence-electron chi connectivity index (χ1n) is 6.99. The minimum atomic E-state index is -4.02. The van der Waals surface area contributed by atoms with Crippen LogP contribution in [0.4, 0.5) is 8.78 Å². The van der Waals surface area contributed by atoms with Crippen molar-refractivity contribution in [3.05, 3.63) is 29.3 Å². The van der Waals surface area contributed by atoms with E-state index < -0.39 is 38.7 Å². The minimum absolute atomic E-state index is 0.296. The highest BCUT2D eigenvalue weighted by Crippen LogP contribution is 2.32. The molecule has 1 fully saturated rings. The van der Waals surface area contributed by atoms with Crippen molar-refractivity contribution in [1.29, 1.82) is 0 Å². The Balaban J connectivity index is 2.41. The molecule has 0 bridgehead atoms. The Bertz CT molecular complexity index is 615. The average Bonchev–Trinajstić information content (AvgIpc) is 3.22. The third kappa shape index (κ3) is 3.41. The Morgan fingerprint density at radius 3 is 2.52 bits per heavy atom. The fourth-order valence-electron chi connectivity index (χ4n) is 2.21. The molecule has 7 heteroatoms. The van der Waals surface area contributed by atoms with Gasteiger partial charge in [-0.3, -0.25) is 0 Å². The second-order valence-electron chi connectivity index (χ2n) is 5.30. The second-order valence-corrected chi connectivity index (χ2v) is 7.21. The molecule has 1 aliphatic carbocycles. The van der Waals surface area contributed by atoms with Gasteiger partial charge in [-0.2, -0.15) is 4.31 Å². The van der Waals surface area contributed by atoms with Crippen molar-refractivity contribution in [1.82, 2.24) is 4.31 Å². The number of halogens is 2. The van der Waals surface area contributed by atoms with Crippen LogP contribution >= 0.6 is 0 Å². The van der Waals surface area contributed by atoms with E-state index >= 15 is 0 Å². The van der Waals surface area contributed by atoms with Crippen molar-refractivity contribution in [2.75, 3.05) is 13.1 Å². The topological polar surface area (TPSA) is 57.6 Å². The van der Waals surface area contributed by atoms with Crippen molar-refractivity contribution in [2.45, 2.75) is 37.7 Å². The molecular weight excluding hydrogens is 300 g/mol. The number of benzene rings is 1. The summed E-state index contributed by atoms with van der Waals surface area (Å²) >= 11 is 0. The summed E-state index contributed by atoms with van der Waals surface area (Å²) in [5, 5.41) is 9.00. The van der Waals surface area contributed by atoms with E-state index in [9.17, 15) is 17.2 Å². The van der Waals surface area contributed by atoms with Crippen LogP contribution in [0.15, 0.2) is 17.0 Å². The molecule has 0 spiro atoms. The summed E-state index contributed by atoms with van der Waals surface area (Å²) in [5.41, 5.74) is -0.612. The zero-order valence-electron chi connectivity index (χ0n) is 11.8. The van der Waals surface area contributed by atoms with Gasteiger partial charge < -0.3 is 5.11 Å². The lowest BCUT2D eigenvalue weighted by atomic mass is 10.2. The largest absolute Gasteiger partial charge is 0.391 e. The monoisotopic (exact) mass is 319 g/mol. The van der Waals surface area contributed by atoms with Gasteiger partial charge in [0.25, 0.3) is 0 Å². The van der Waals surface area contributed by atoms with Crippen LogP contribution in [-0.4, -0.2) is 30.9 Å². The highest BCUT2D eigenvalue weighted by molar-refractivity contribution is 7.89. The molecule has 2 rings (SSSR count). The molecule has 0 aromatic heterocycles. The lowest BCUT2D eigenvalue weighted by molar-refractivity contribution is 0.267. The van der Waals surface area contributed by atoms with Crippen molar-refractivity contribution < 1.29 is 22.3 Å². The fourth-order valence-corrected chi connectivity index (χ4v) is 3.90. The molecule has 1 aromatic rings. The van der Waals surface area contributed by atoms with Crippen LogP contribution in [0, 0.1) is 17.6 Å². The van der Waals surface area contributed by atoms with Crippen LogP contribution in [0.5, 0.6) is 0 Å². The summed E-state index contributed by atoms with van der Waals surface area (Å²) < 4.78 is 53.9. The summed E-state index contributed by atoms with van der Waals surface area (Å²) in [6, 6.07) is 1.80. The molecule has 1 aliphatic rings. The van der Waals surface area contributed by atoms with Gasteiger partial charge in [0.2, 0.25) is 10.0 Å². The molecule has 1 N–H and O–H groups in total. The summed E-state index contributed by atoms with van der Waals surface area (Å²) in [7, 11) is -4.02. The molecule has 0 radical (unpaired) electrons. The second kappa shape index (κ2) is 6.37. The Kier molecular flexibility index (Phi) is 4.95. The number of aliphatic hydroxyl groups is 1. The number of sulfonamides is 1. The van der Waals surface area contributed by atoms with Gasteiger partial charge in [0.05, 0.1) is 12.2 Å². The van der Waals surface area contributed by atoms with Gasteiger partial charge in [-0.05, 0) is 37.3 Å². The number of nitrogens with zero attached hydrogens (tertiary/aromatic N) is 1. The third-order valence-corrected chi connectivity index (χ3v) is 5.44. The molecule has 0 saturated heterocycles. The first-order chi connectivity index (χ1) is 9.91. The van der Waals surface area contributed by atoms with Crippen molar-refractivity contribution in [3.63, 3.8) is 0 Å². The fraction of sp³-hybridized carbons (Fsp3) is 0.571. The maximum atomic E-state index is 14.2. The van der Waals surface area contributed by atoms with Crippen LogP contribution in [0.1, 0.15) is 31.7 Å². The minimum Gasteiger partial charge on any atom is -0.391 e. The molecule has 1 saturated carbocycles. The third-order valence-electron chi connectivity index (χ3n) is 3.56. The number of rotatable bonds is 7. The maximum absolute atomic E-state index is 14.2. The van der Waals surface area contributed by atoms with Gasteiger partial charge in [-0.1, -0.05) is 6.92 Å². The average molecular weight is 319 g/mol. The smallest absolute Gasteiger partial charge is 0.246 e. The Morgan fingerprint density at radius 1 is 1.33 bits per heavy atom. The van der Waals surface area contributed by atoms with Gasteiger partial charge in [0, 0.05) is 13.1 Å². The van der Waals surface area contributed by atoms with Gasteiger partial charge in [-0.25, -0.2) is 17.2 Å². The quantitative estimate of drug-likeness (QED) is 0.839. The van der Waals surface area contributed by atoms with E-state index in [0.717, 1.165) is 25.0 Å². The molecule has 0 unspecified atom stereocenters. The zero-order chi connectivity index (χ0) is 15.6. The van der Waals surface area contributed by atoms with E-state index in [1.165, 1.54) is 4.31 Å². The van der Waals surface area contributed by atoms with Gasteiger partial charge >= 0.3 is 0 Å². The SMILES string of the molecule is CCCN(CC1CC1)S(=O)(=O)c1ccc(F)c(CO)c1F. The molecule has 1 aromatic carbocycles. The van der Waals surface area contributed by atoms with Crippen molar-refractivity contribution in [2.24, 2.45) is 5.92 Å². The van der Waals surface area contributed by atoms with E-state index in [0.29, 0.717) is 25.4 Å². The molecule has 0 atom stereocenters. The molecule has 0 amide bonds. The van der Waals surface area contributed by atoms with E-state index in [2.05, 4.69) is 0 Å². The highest BCUT2D eigenvalue weighted by Gasteiger charge is 2.33. The summed E-state index contributed by atoms with van der Waals surface area (Å²) in [6.45, 7) is 1.62. The Hall–Kier alpha value is -1.05. The summed E-state index contributed by atoms with van der Waals surface area (Å²) in [5.74, 6) is -1.82. The Morgan fingerprint density at radius 2 is 2.00 bits per heavy atom. The van der Waals surface area contributed by atoms with Crippen molar-refractivity contribution in [3.8, 4) is 0 Å². The number of hydrogen-bond acceptors (Lipinski definition) is 3. The van der Waals surface area contributed by atoms with Crippen molar-refractivity contribution >= 4 is 10.0 Å². The predicted molar refractivity (Wildman–Crippen MR) is 74.1 cm³/mol. The lowest BCUT2D eigenvalue weighted by Gasteiger charge is -2.22. The zero-order valence-corrected chi connectivity index (χ0v) is 12.7. The standard InChI is InChI=1S/C14H19F2NO3S/c1-2-7-17(8-10-3-4-10)21(19,20)13-6-5-12(15)11(9-18)14(13)16/h5-6,10,18H,2-4,7-9H2,1H3. The van der Waals surface area contributed by atoms with Gasteiger partial charge in [-0.15, -0.1) is 0 Å². The molecular formula is C14H19F2NO3S. The van der Waals surface area contributed by atoms with E-state index in [4.69, 9.17) is 5.11 Å². The first kappa shape index (κ1) is 16.3. The van der Waals surface area contributed by atoms with Crippen LogP contribution in [0.25, 0.3) is 0 Å². The van der Waals surface area contributed by atoms with Crippen LogP contribution in [-0.2, 0) is 16.6 Å². The normalized spacial score (nSPS) is 15.7. The summed E-state index contributed by atoms with van der Waals surface area (Å²) in [6.07, 6.45) is 2.56. The highest BCUT2D eigenvalue weighted by atomic mass is 32.2. The lowest BCUT2D eigenvalue weighted by Crippen LogP contribution is -2.34. The predicted octanol–water partition coefficient (Wildman–Crippen LogP) is 2.27. The molecule has 118 valence electrons. The van der Waals surface area contributed by atoms with Gasteiger partial charge in [0.1, 0.15) is 10.7 Å². The van der Waals surface area contributed by atoms with E-state index in [-0.39, 0.29) is 0 Å². The Labute approximate surface area is 123 Å². The number of aliphatic hydroxyl groups excluding tert-OH is 1. The van der Waals surface area contributed by atoms with E-state index in [1.54, 1.807) is 0 Å². The van der Waals surface area contributed by atoms with E-state index in [1.807, 2.05) is 6.92 Å².